The molecule has 1 atom stereocenters. The molecule has 3 aliphatic rings. The van der Waals surface area contributed by atoms with E-state index in [4.69, 9.17) is 0 Å². The molecule has 0 saturated heterocycles. The highest BCUT2D eigenvalue weighted by Gasteiger charge is 2.51. The number of hydrogen-bond acceptors (Lipinski definition) is 1. The average molecular weight is 953 g/mol. The Bertz CT molecular complexity index is 4270. The van der Waals surface area contributed by atoms with Crippen LogP contribution in [0.15, 0.2) is 252 Å². The summed E-state index contributed by atoms with van der Waals surface area (Å²) >= 11 is 0. The molecule has 2 aliphatic carbocycles. The fraction of sp³-hybridized carbons (Fsp3) is 0.0857. The standard InChI is InChI=1S/C70H52N2S/c1-69(2)58-29-14-11-24-51(58)53-37-34-48(43-63(53)69)71(47-36-41-65-57(42-47)54-26-13-17-32-64(54)72(65)46-22-9-6-10-23-46)49-35-39-61-67(44-49)73(3,4)66-33-18-16-31-60(66)70(61)59-30-15-12-25-52(59)56-28-19-27-55-50(38-40-62(70)68(55)56)45-20-7-5-8-21-45/h5-44H,1-4H3. The molecule has 0 radical (unpaired) electrons. The van der Waals surface area contributed by atoms with Gasteiger partial charge in [-0.1, -0.05) is 190 Å². The first kappa shape index (κ1) is 42.3. The first-order chi connectivity index (χ1) is 35.7. The minimum absolute atomic E-state index is 0.162. The molecule has 73 heavy (non-hydrogen) atoms. The van der Waals surface area contributed by atoms with Crippen LogP contribution in [0, 0.1) is 0 Å². The van der Waals surface area contributed by atoms with Crippen LogP contribution in [-0.2, 0) is 10.8 Å². The van der Waals surface area contributed by atoms with E-state index in [-0.39, 0.29) is 5.41 Å². The summed E-state index contributed by atoms with van der Waals surface area (Å²) in [5.41, 5.74) is 22.2. The molecule has 12 aromatic rings. The molecule has 0 fully saturated rings. The summed E-state index contributed by atoms with van der Waals surface area (Å²) in [4.78, 5) is 5.40. The van der Waals surface area contributed by atoms with Crippen LogP contribution in [0.2, 0.25) is 0 Å². The van der Waals surface area contributed by atoms with E-state index in [1.54, 1.807) is 0 Å². The van der Waals surface area contributed by atoms with E-state index >= 15 is 0 Å². The van der Waals surface area contributed by atoms with E-state index in [0.717, 1.165) is 22.7 Å². The second kappa shape index (κ2) is 15.3. The van der Waals surface area contributed by atoms with Crippen molar-refractivity contribution < 1.29 is 0 Å². The average Bonchev–Trinajstić information content (AvgIpc) is 3.89. The van der Waals surface area contributed by atoms with Gasteiger partial charge >= 0.3 is 0 Å². The number of benzene rings is 11. The number of anilines is 3. The molecule has 0 bridgehead atoms. The number of aromatic nitrogens is 1. The molecule has 348 valence electrons. The lowest BCUT2D eigenvalue weighted by Gasteiger charge is -2.52. The lowest BCUT2D eigenvalue weighted by atomic mass is 9.59. The Kier molecular flexibility index (Phi) is 8.88. The summed E-state index contributed by atoms with van der Waals surface area (Å²) in [5, 5.41) is 5.10. The zero-order valence-corrected chi connectivity index (χ0v) is 42.2. The van der Waals surface area contributed by atoms with Crippen LogP contribution in [-0.4, -0.2) is 17.1 Å². The highest BCUT2D eigenvalue weighted by molar-refractivity contribution is 8.32. The molecule has 0 N–H and O–H groups in total. The fourth-order valence-corrected chi connectivity index (χ4v) is 16.3. The Morgan fingerprint density at radius 1 is 0.356 bits per heavy atom. The third-order valence-electron chi connectivity index (χ3n) is 16.9. The largest absolute Gasteiger partial charge is 0.310 e. The van der Waals surface area contributed by atoms with E-state index in [0.29, 0.717) is 0 Å². The molecule has 3 heteroatoms. The smallest absolute Gasteiger partial charge is 0.0734 e. The first-order valence-electron chi connectivity index (χ1n) is 25.6. The minimum Gasteiger partial charge on any atom is -0.310 e. The van der Waals surface area contributed by atoms with E-state index < -0.39 is 15.4 Å². The molecular weight excluding hydrogens is 901 g/mol. The zero-order chi connectivity index (χ0) is 48.8. The number of nitrogens with zero attached hydrogens (tertiary/aromatic N) is 2. The highest BCUT2D eigenvalue weighted by atomic mass is 32.3. The van der Waals surface area contributed by atoms with E-state index in [1.165, 1.54) is 109 Å². The number of hydrogen-bond donors (Lipinski definition) is 0. The van der Waals surface area contributed by atoms with Crippen LogP contribution >= 0.6 is 10.0 Å². The van der Waals surface area contributed by atoms with Crippen LogP contribution in [0.25, 0.3) is 71.6 Å². The summed E-state index contributed by atoms with van der Waals surface area (Å²) in [6.07, 6.45) is 5.06. The molecule has 1 unspecified atom stereocenters. The van der Waals surface area contributed by atoms with Crippen LogP contribution in [0.1, 0.15) is 47.2 Å². The van der Waals surface area contributed by atoms with Crippen molar-refractivity contribution in [2.75, 3.05) is 17.4 Å². The highest BCUT2D eigenvalue weighted by Crippen LogP contribution is 2.71. The van der Waals surface area contributed by atoms with Gasteiger partial charge < -0.3 is 9.47 Å². The Morgan fingerprint density at radius 2 is 0.904 bits per heavy atom. The molecule has 1 spiro atoms. The quantitative estimate of drug-likeness (QED) is 0.167. The molecule has 2 nitrogen and oxygen atoms in total. The van der Waals surface area contributed by atoms with Crippen LogP contribution < -0.4 is 4.90 Å². The minimum atomic E-state index is -1.58. The number of para-hydroxylation sites is 2. The van der Waals surface area contributed by atoms with Gasteiger partial charge in [0, 0.05) is 43.8 Å². The van der Waals surface area contributed by atoms with E-state index in [9.17, 15) is 0 Å². The van der Waals surface area contributed by atoms with Crippen LogP contribution in [0.3, 0.4) is 0 Å². The third-order valence-corrected chi connectivity index (χ3v) is 19.8. The van der Waals surface area contributed by atoms with Gasteiger partial charge in [0.2, 0.25) is 0 Å². The zero-order valence-electron chi connectivity index (χ0n) is 41.4. The van der Waals surface area contributed by atoms with Crippen molar-refractivity contribution in [2.45, 2.75) is 34.5 Å². The number of rotatable bonds is 5. The van der Waals surface area contributed by atoms with Crippen molar-refractivity contribution in [3.63, 3.8) is 0 Å². The van der Waals surface area contributed by atoms with E-state index in [1.807, 2.05) is 0 Å². The van der Waals surface area contributed by atoms with Crippen LogP contribution in [0.5, 0.6) is 0 Å². The molecular formula is C70H52N2S. The van der Waals surface area contributed by atoms with Gasteiger partial charge in [-0.3, -0.25) is 0 Å². The van der Waals surface area contributed by atoms with Crippen molar-refractivity contribution in [2.24, 2.45) is 0 Å². The third kappa shape index (κ3) is 5.72. The van der Waals surface area contributed by atoms with Crippen LogP contribution in [0.4, 0.5) is 17.1 Å². The SMILES string of the molecule is CC1(C)c2ccccc2-c2ccc(N(c3ccc4c(c3)S(C)(C)c3ccccc3C43c4ccccc4-c4cccc5c(-c6ccccc6)ccc3c45)c3ccc4c(c3)c3ccccc3n4-c3ccccc3)cc21. The van der Waals surface area contributed by atoms with Crippen molar-refractivity contribution in [3.8, 4) is 39.1 Å². The van der Waals surface area contributed by atoms with Crippen molar-refractivity contribution in [1.29, 1.82) is 0 Å². The second-order valence-corrected chi connectivity index (χ2v) is 24.7. The lowest BCUT2D eigenvalue weighted by Crippen LogP contribution is -2.38. The molecule has 1 aromatic heterocycles. The van der Waals surface area contributed by atoms with Gasteiger partial charge in [-0.2, -0.15) is 10.0 Å². The maximum Gasteiger partial charge on any atom is 0.0734 e. The summed E-state index contributed by atoms with van der Waals surface area (Å²) in [7, 11) is -1.58. The Labute approximate surface area is 428 Å². The fourth-order valence-electron chi connectivity index (χ4n) is 13.7. The van der Waals surface area contributed by atoms with Gasteiger partial charge in [-0.25, -0.2) is 0 Å². The maximum absolute atomic E-state index is 2.59. The lowest BCUT2D eigenvalue weighted by molar-refractivity contribution is 0.660. The van der Waals surface area contributed by atoms with Gasteiger partial charge in [0.25, 0.3) is 0 Å². The van der Waals surface area contributed by atoms with Gasteiger partial charge in [-0.15, -0.1) is 0 Å². The van der Waals surface area contributed by atoms with Gasteiger partial charge in [0.15, 0.2) is 0 Å². The summed E-state index contributed by atoms with van der Waals surface area (Å²) in [5.74, 6) is 0. The van der Waals surface area contributed by atoms with Crippen molar-refractivity contribution >= 4 is 59.7 Å². The molecule has 0 amide bonds. The van der Waals surface area contributed by atoms with Gasteiger partial charge in [-0.05, 0) is 162 Å². The second-order valence-electron chi connectivity index (χ2n) is 21.2. The first-order valence-corrected chi connectivity index (χ1v) is 28.0. The molecule has 1 aliphatic heterocycles. The van der Waals surface area contributed by atoms with Gasteiger partial charge in [0.1, 0.15) is 0 Å². The molecule has 2 heterocycles. The predicted octanol–water partition coefficient (Wildman–Crippen LogP) is 18.5. The summed E-state index contributed by atoms with van der Waals surface area (Å²) in [6.45, 7) is 4.78. The Hall–Kier alpha value is -8.37. The Morgan fingerprint density at radius 3 is 1.73 bits per heavy atom. The summed E-state index contributed by atoms with van der Waals surface area (Å²) in [6, 6.07) is 92.0. The maximum atomic E-state index is 2.59. The van der Waals surface area contributed by atoms with Crippen molar-refractivity contribution in [3.05, 3.63) is 276 Å². The van der Waals surface area contributed by atoms with Crippen molar-refractivity contribution in [1.82, 2.24) is 4.57 Å². The molecule has 0 saturated carbocycles. The predicted molar refractivity (Wildman–Crippen MR) is 309 cm³/mol. The monoisotopic (exact) mass is 952 g/mol. The normalized spacial score (nSPS) is 16.7. The van der Waals surface area contributed by atoms with E-state index in [2.05, 4.69) is 278 Å². The summed E-state index contributed by atoms with van der Waals surface area (Å²) < 4.78 is 2.42. The topological polar surface area (TPSA) is 8.17 Å². The number of fused-ring (bicyclic) bond motifs is 14. The molecule has 11 aromatic carbocycles. The Balaban J connectivity index is 1.01. The van der Waals surface area contributed by atoms with Gasteiger partial charge in [0.05, 0.1) is 16.4 Å². The molecule has 15 rings (SSSR count).